The monoisotopic (exact) mass is 326 g/mol. The Hall–Kier alpha value is -1.84. The van der Waals surface area contributed by atoms with Crippen LogP contribution in [0.15, 0.2) is 36.4 Å². The van der Waals surface area contributed by atoms with Gasteiger partial charge in [0.1, 0.15) is 0 Å². The molecule has 2 heterocycles. The fourth-order valence-corrected chi connectivity index (χ4v) is 3.43. The molecule has 3 nitrogen and oxygen atoms in total. The number of hydrogen-bond donors (Lipinski definition) is 0. The van der Waals surface area contributed by atoms with Crippen molar-refractivity contribution in [2.75, 3.05) is 13.2 Å². The average Bonchev–Trinajstić information content (AvgIpc) is 2.78. The predicted molar refractivity (Wildman–Crippen MR) is 93.3 cm³/mol. The Morgan fingerprint density at radius 3 is 2.70 bits per heavy atom. The van der Waals surface area contributed by atoms with Gasteiger partial charge in [0, 0.05) is 29.4 Å². The molecular formula is C19H19ClN2O. The van der Waals surface area contributed by atoms with Crippen LogP contribution in [0.1, 0.15) is 30.9 Å². The van der Waals surface area contributed by atoms with Crippen LogP contribution in [0.3, 0.4) is 0 Å². The predicted octanol–water partition coefficient (Wildman–Crippen LogP) is 2.94. The van der Waals surface area contributed by atoms with Crippen LogP contribution in [0.25, 0.3) is 17.8 Å². The maximum absolute atomic E-state index is 6.03. The zero-order valence-electron chi connectivity index (χ0n) is 12.9. The molecule has 2 aromatic rings. The lowest BCUT2D eigenvalue weighted by molar-refractivity contribution is 0.0842. The Morgan fingerprint density at radius 2 is 1.91 bits per heavy atom. The summed E-state index contributed by atoms with van der Waals surface area (Å²) in [6.45, 7) is 1.65. The minimum atomic E-state index is 0.474. The number of nitrogens with zero attached hydrogens (tertiary/aromatic N) is 2. The Morgan fingerprint density at radius 1 is 1.13 bits per heavy atom. The van der Waals surface area contributed by atoms with Gasteiger partial charge in [-0.3, -0.25) is 0 Å². The van der Waals surface area contributed by atoms with Crippen molar-refractivity contribution in [3.63, 3.8) is 0 Å². The Bertz CT molecular complexity index is 843. The maximum atomic E-state index is 6.03. The van der Waals surface area contributed by atoms with Gasteiger partial charge >= 0.3 is 0 Å². The van der Waals surface area contributed by atoms with Gasteiger partial charge in [0.2, 0.25) is 0 Å². The highest BCUT2D eigenvalue weighted by Gasteiger charge is 2.21. The van der Waals surface area contributed by atoms with Crippen LogP contribution in [0.2, 0.25) is 5.02 Å². The van der Waals surface area contributed by atoms with Crippen LogP contribution < -0.4 is 10.6 Å². The highest BCUT2D eigenvalue weighted by Crippen LogP contribution is 2.23. The lowest BCUT2D eigenvalue weighted by Crippen LogP contribution is -2.30. The summed E-state index contributed by atoms with van der Waals surface area (Å²) in [5.41, 5.74) is 2.25. The van der Waals surface area contributed by atoms with E-state index in [1.165, 1.54) is 16.3 Å². The van der Waals surface area contributed by atoms with Crippen LogP contribution in [0, 0.1) is 0 Å². The topological polar surface area (TPSA) is 27.1 Å². The molecule has 1 saturated heterocycles. The van der Waals surface area contributed by atoms with Gasteiger partial charge in [0.15, 0.2) is 0 Å². The van der Waals surface area contributed by atoms with E-state index >= 15 is 0 Å². The van der Waals surface area contributed by atoms with Gasteiger partial charge < -0.3 is 4.74 Å². The molecule has 1 aliphatic heterocycles. The molecule has 23 heavy (non-hydrogen) atoms. The summed E-state index contributed by atoms with van der Waals surface area (Å²) in [5, 5.41) is 8.15. The molecule has 1 aromatic heterocycles. The van der Waals surface area contributed by atoms with Crippen LogP contribution in [-0.2, 0) is 4.74 Å². The summed E-state index contributed by atoms with van der Waals surface area (Å²) in [5.74, 6) is 0.474. The number of ether oxygens (including phenoxy) is 1. The first kappa shape index (κ1) is 14.7. The van der Waals surface area contributed by atoms with Crippen molar-refractivity contribution in [3.8, 4) is 5.69 Å². The van der Waals surface area contributed by atoms with Gasteiger partial charge in [0.25, 0.3) is 0 Å². The van der Waals surface area contributed by atoms with Crippen LogP contribution in [-0.4, -0.2) is 23.0 Å². The molecule has 4 heteroatoms. The van der Waals surface area contributed by atoms with Crippen LogP contribution >= 0.6 is 11.6 Å². The van der Waals surface area contributed by atoms with E-state index in [-0.39, 0.29) is 0 Å². The van der Waals surface area contributed by atoms with E-state index in [4.69, 9.17) is 21.4 Å². The van der Waals surface area contributed by atoms with Crippen molar-refractivity contribution in [1.82, 2.24) is 9.78 Å². The minimum Gasteiger partial charge on any atom is -0.381 e. The molecule has 0 bridgehead atoms. The number of fused-ring (bicyclic) bond motifs is 1. The molecular weight excluding hydrogens is 308 g/mol. The number of aromatic nitrogens is 2. The number of halogens is 1. The number of rotatable bonds is 2. The standard InChI is InChI=1S/C19H19ClN2O/c20-15-6-8-16(9-7-15)22-18-5-3-1-2-4-17(18)19(21-22)14-10-12-23-13-11-14/h1-2,4-9,14H,3,10-13H2. The molecule has 1 aromatic carbocycles. The smallest absolute Gasteiger partial charge is 0.0740 e. The van der Waals surface area contributed by atoms with Crippen molar-refractivity contribution in [2.45, 2.75) is 25.2 Å². The first-order chi connectivity index (χ1) is 11.3. The molecule has 1 aliphatic carbocycles. The maximum Gasteiger partial charge on any atom is 0.0740 e. The average molecular weight is 327 g/mol. The molecule has 0 unspecified atom stereocenters. The first-order valence-corrected chi connectivity index (χ1v) is 8.50. The van der Waals surface area contributed by atoms with E-state index < -0.39 is 0 Å². The summed E-state index contributed by atoms with van der Waals surface area (Å²) >= 11 is 6.03. The summed E-state index contributed by atoms with van der Waals surface area (Å²) in [4.78, 5) is 0. The highest BCUT2D eigenvalue weighted by atomic mass is 35.5. The highest BCUT2D eigenvalue weighted by molar-refractivity contribution is 6.30. The van der Waals surface area contributed by atoms with Gasteiger partial charge in [-0.05, 0) is 43.5 Å². The minimum absolute atomic E-state index is 0.474. The molecule has 0 saturated carbocycles. The Labute approximate surface area is 140 Å². The fourth-order valence-electron chi connectivity index (χ4n) is 3.30. The SMILES string of the molecule is Clc1ccc(-n2nc(C3CCOCC3)c3c2=CCC=CC=3)cc1. The molecule has 1 fully saturated rings. The van der Waals surface area contributed by atoms with Crippen molar-refractivity contribution in [1.29, 1.82) is 0 Å². The van der Waals surface area contributed by atoms with Crippen molar-refractivity contribution in [3.05, 3.63) is 57.7 Å². The zero-order valence-corrected chi connectivity index (χ0v) is 13.7. The molecule has 0 spiro atoms. The second kappa shape index (κ2) is 6.34. The molecule has 0 atom stereocenters. The van der Waals surface area contributed by atoms with E-state index in [1.807, 2.05) is 24.3 Å². The molecule has 0 N–H and O–H groups in total. The molecule has 118 valence electrons. The lowest BCUT2D eigenvalue weighted by atomic mass is 9.95. The molecule has 4 rings (SSSR count). The largest absolute Gasteiger partial charge is 0.381 e. The quantitative estimate of drug-likeness (QED) is 0.848. The van der Waals surface area contributed by atoms with Crippen LogP contribution in [0.5, 0.6) is 0 Å². The molecule has 0 radical (unpaired) electrons. The first-order valence-electron chi connectivity index (χ1n) is 8.12. The number of benzene rings is 1. The zero-order chi connectivity index (χ0) is 15.6. The van der Waals surface area contributed by atoms with E-state index in [9.17, 15) is 0 Å². The third-order valence-corrected chi connectivity index (χ3v) is 4.77. The van der Waals surface area contributed by atoms with Crippen molar-refractivity contribution >= 4 is 23.8 Å². The number of hydrogen-bond acceptors (Lipinski definition) is 2. The van der Waals surface area contributed by atoms with Crippen molar-refractivity contribution in [2.24, 2.45) is 0 Å². The van der Waals surface area contributed by atoms with Gasteiger partial charge in [-0.15, -0.1) is 0 Å². The third kappa shape index (κ3) is 2.87. The van der Waals surface area contributed by atoms with E-state index in [0.717, 1.165) is 43.2 Å². The second-order valence-corrected chi connectivity index (χ2v) is 6.43. The van der Waals surface area contributed by atoms with Crippen molar-refractivity contribution < 1.29 is 4.74 Å². The van der Waals surface area contributed by atoms with Gasteiger partial charge in [0.05, 0.1) is 16.7 Å². The molecule has 2 aliphatic rings. The van der Waals surface area contributed by atoms with Gasteiger partial charge in [-0.2, -0.15) is 5.10 Å². The summed E-state index contributed by atoms with van der Waals surface area (Å²) in [7, 11) is 0. The normalized spacial score (nSPS) is 18.0. The number of allylic oxidation sites excluding steroid dienone is 2. The summed E-state index contributed by atoms with van der Waals surface area (Å²) in [6.07, 6.45) is 11.8. The Balaban J connectivity index is 1.89. The second-order valence-electron chi connectivity index (χ2n) is 5.99. The van der Waals surface area contributed by atoms with E-state index in [0.29, 0.717) is 5.92 Å². The fraction of sp³-hybridized carbons (Fsp3) is 0.316. The van der Waals surface area contributed by atoms with Crippen LogP contribution in [0.4, 0.5) is 0 Å². The summed E-state index contributed by atoms with van der Waals surface area (Å²) < 4.78 is 7.57. The third-order valence-electron chi connectivity index (χ3n) is 4.51. The van der Waals surface area contributed by atoms with E-state index in [1.54, 1.807) is 0 Å². The Kier molecular flexibility index (Phi) is 4.06. The lowest BCUT2D eigenvalue weighted by Gasteiger charge is -2.20. The van der Waals surface area contributed by atoms with Gasteiger partial charge in [-0.1, -0.05) is 35.9 Å². The van der Waals surface area contributed by atoms with E-state index in [2.05, 4.69) is 29.0 Å². The van der Waals surface area contributed by atoms with Gasteiger partial charge in [-0.25, -0.2) is 4.68 Å². The summed E-state index contributed by atoms with van der Waals surface area (Å²) in [6, 6.07) is 7.88. The molecule has 0 amide bonds.